The largest absolute Gasteiger partial charge is 0.372 e. The maximum absolute atomic E-state index is 11.9. The molecule has 1 heterocycles. The van der Waals surface area contributed by atoms with Crippen molar-refractivity contribution in [3.05, 3.63) is 42.5 Å². The van der Waals surface area contributed by atoms with Crippen LogP contribution in [0.1, 0.15) is 26.1 Å². The van der Waals surface area contributed by atoms with Crippen LogP contribution < -0.4 is 15.5 Å². The predicted molar refractivity (Wildman–Crippen MR) is 141 cm³/mol. The van der Waals surface area contributed by atoms with Crippen LogP contribution in [0.4, 0.5) is 5.69 Å². The van der Waals surface area contributed by atoms with Crippen LogP contribution in [-0.2, 0) is 17.8 Å². The molecule has 1 aromatic carbocycles. The lowest BCUT2D eigenvalue weighted by molar-refractivity contribution is -0.127. The second-order valence-corrected chi connectivity index (χ2v) is 7.37. The van der Waals surface area contributed by atoms with Crippen LogP contribution in [0, 0.1) is 0 Å². The summed E-state index contributed by atoms with van der Waals surface area (Å²) < 4.78 is 2.02. The van der Waals surface area contributed by atoms with Crippen LogP contribution in [0.25, 0.3) is 0 Å². The summed E-state index contributed by atoms with van der Waals surface area (Å²) in [6.45, 7) is 8.39. The number of carbonyl (C=O) groups is 1. The normalized spacial score (nSPS) is 10.9. The molecule has 0 radical (unpaired) electrons. The van der Waals surface area contributed by atoms with E-state index in [4.69, 9.17) is 0 Å². The number of para-hydroxylation sites is 1. The van der Waals surface area contributed by atoms with Crippen LogP contribution in [0.5, 0.6) is 0 Å². The third-order valence-corrected chi connectivity index (χ3v) is 4.93. The zero-order chi connectivity index (χ0) is 22.5. The number of benzene rings is 1. The second-order valence-electron chi connectivity index (χ2n) is 7.37. The maximum atomic E-state index is 11.9. The lowest BCUT2D eigenvalue weighted by atomic mass is 10.2. The van der Waals surface area contributed by atoms with Gasteiger partial charge in [0, 0.05) is 58.9 Å². The molecule has 1 amide bonds. The second kappa shape index (κ2) is 15.4. The van der Waals surface area contributed by atoms with Gasteiger partial charge in [0.15, 0.2) is 5.96 Å². The van der Waals surface area contributed by atoms with Crippen LogP contribution >= 0.6 is 24.0 Å². The molecule has 178 valence electrons. The number of guanidine groups is 1. The summed E-state index contributed by atoms with van der Waals surface area (Å²) in [4.78, 5) is 20.3. The van der Waals surface area contributed by atoms with Gasteiger partial charge < -0.3 is 25.0 Å². The van der Waals surface area contributed by atoms with Gasteiger partial charge in [-0.15, -0.1) is 34.2 Å². The minimum atomic E-state index is -0.0329. The molecular weight excluding hydrogens is 519 g/mol. The lowest BCUT2D eigenvalue weighted by Gasteiger charge is -2.23. The molecule has 32 heavy (non-hydrogen) atoms. The Kier molecular flexibility index (Phi) is 13.3. The van der Waals surface area contributed by atoms with E-state index in [1.165, 1.54) is 5.69 Å². The highest BCUT2D eigenvalue weighted by atomic mass is 127. The summed E-state index contributed by atoms with van der Waals surface area (Å²) in [5.74, 6) is 1.56. The summed E-state index contributed by atoms with van der Waals surface area (Å²) >= 11 is 0. The molecular formula is C22H37IN8O. The lowest BCUT2D eigenvalue weighted by Crippen LogP contribution is -2.41. The third-order valence-electron chi connectivity index (χ3n) is 4.93. The SMILES string of the molecule is CCc1nncn1CCNC(=NCC(=O)N(C)C)NCCCN(CC)c1ccccc1.I. The number of hydrogen-bond acceptors (Lipinski definition) is 5. The van der Waals surface area contributed by atoms with Crippen LogP contribution in [-0.4, -0.2) is 78.4 Å². The van der Waals surface area contributed by atoms with Gasteiger partial charge in [-0.1, -0.05) is 25.1 Å². The Morgan fingerprint density at radius 1 is 1.12 bits per heavy atom. The number of likely N-dealkylation sites (N-methyl/N-ethyl adjacent to an activating group) is 1. The first-order valence-corrected chi connectivity index (χ1v) is 10.9. The molecule has 0 unspecified atom stereocenters. The molecule has 0 aliphatic heterocycles. The first kappa shape index (κ1) is 27.7. The minimum Gasteiger partial charge on any atom is -0.372 e. The number of rotatable bonds is 12. The summed E-state index contributed by atoms with van der Waals surface area (Å²) in [7, 11) is 3.47. The fourth-order valence-electron chi connectivity index (χ4n) is 3.08. The standard InChI is InChI=1S/C22H36N8O.HI/c1-5-20-27-26-18-30(20)16-14-24-22(25-17-21(31)28(3)4)23-13-10-15-29(6-2)19-11-8-7-9-12-19;/h7-9,11-12,18H,5-6,10,13-17H2,1-4H3,(H2,23,24,25);1H. The fourth-order valence-corrected chi connectivity index (χ4v) is 3.08. The molecule has 10 heteroatoms. The fraction of sp³-hybridized carbons (Fsp3) is 0.545. The Hall–Kier alpha value is -2.37. The van der Waals surface area contributed by atoms with E-state index in [0.717, 1.165) is 44.8 Å². The molecule has 0 saturated heterocycles. The van der Waals surface area contributed by atoms with Gasteiger partial charge in [0.2, 0.25) is 5.91 Å². The van der Waals surface area contributed by atoms with E-state index >= 15 is 0 Å². The summed E-state index contributed by atoms with van der Waals surface area (Å²) in [5.41, 5.74) is 1.23. The van der Waals surface area contributed by atoms with Gasteiger partial charge in [-0.3, -0.25) is 4.79 Å². The first-order chi connectivity index (χ1) is 15.0. The Morgan fingerprint density at radius 3 is 2.50 bits per heavy atom. The van der Waals surface area contributed by atoms with Crippen molar-refractivity contribution in [3.63, 3.8) is 0 Å². The van der Waals surface area contributed by atoms with Crippen molar-refractivity contribution < 1.29 is 4.79 Å². The Labute approximate surface area is 208 Å². The number of aryl methyl sites for hydroxylation is 1. The van der Waals surface area contributed by atoms with Gasteiger partial charge in [-0.2, -0.15) is 0 Å². The van der Waals surface area contributed by atoms with Crippen LogP contribution in [0.15, 0.2) is 41.7 Å². The molecule has 2 N–H and O–H groups in total. The van der Waals surface area contributed by atoms with Gasteiger partial charge in [0.25, 0.3) is 0 Å². The van der Waals surface area contributed by atoms with Gasteiger partial charge in [0.1, 0.15) is 18.7 Å². The number of nitrogens with one attached hydrogen (secondary N) is 2. The first-order valence-electron chi connectivity index (χ1n) is 10.9. The van der Waals surface area contributed by atoms with E-state index in [-0.39, 0.29) is 36.4 Å². The van der Waals surface area contributed by atoms with Gasteiger partial charge in [-0.05, 0) is 25.5 Å². The zero-order valence-corrected chi connectivity index (χ0v) is 22.0. The van der Waals surface area contributed by atoms with Gasteiger partial charge >= 0.3 is 0 Å². The number of aliphatic imine (C=N–C) groups is 1. The third kappa shape index (κ3) is 9.41. The van der Waals surface area contributed by atoms with Crippen molar-refractivity contribution in [2.45, 2.75) is 33.2 Å². The van der Waals surface area contributed by atoms with Crippen LogP contribution in [0.2, 0.25) is 0 Å². The molecule has 0 atom stereocenters. The number of nitrogens with zero attached hydrogens (tertiary/aromatic N) is 6. The van der Waals surface area contributed by atoms with Crippen molar-refractivity contribution in [2.75, 3.05) is 51.7 Å². The van der Waals surface area contributed by atoms with Crippen molar-refractivity contribution in [1.29, 1.82) is 0 Å². The molecule has 2 rings (SSSR count). The number of amides is 1. The zero-order valence-electron chi connectivity index (χ0n) is 19.6. The monoisotopic (exact) mass is 556 g/mol. The van der Waals surface area contributed by atoms with Crippen molar-refractivity contribution in [3.8, 4) is 0 Å². The molecule has 0 fully saturated rings. The molecule has 9 nitrogen and oxygen atoms in total. The van der Waals surface area contributed by atoms with Crippen molar-refractivity contribution in [2.24, 2.45) is 4.99 Å². The smallest absolute Gasteiger partial charge is 0.243 e. The molecule has 0 aliphatic carbocycles. The number of aromatic nitrogens is 3. The maximum Gasteiger partial charge on any atom is 0.243 e. The quantitative estimate of drug-likeness (QED) is 0.180. The highest BCUT2D eigenvalue weighted by molar-refractivity contribution is 14.0. The summed E-state index contributed by atoms with van der Waals surface area (Å²) in [6, 6.07) is 10.4. The van der Waals surface area contributed by atoms with E-state index in [1.807, 2.05) is 10.6 Å². The average molecular weight is 556 g/mol. The molecule has 1 aromatic heterocycles. The average Bonchev–Trinajstić information content (AvgIpc) is 3.24. The van der Waals surface area contributed by atoms with E-state index < -0.39 is 0 Å². The Balaban J connectivity index is 0.00000512. The number of hydrogen-bond donors (Lipinski definition) is 2. The minimum absolute atomic E-state index is 0. The van der Waals surface area contributed by atoms with Crippen LogP contribution in [0.3, 0.4) is 0 Å². The van der Waals surface area contributed by atoms with Gasteiger partial charge in [0.05, 0.1) is 0 Å². The Morgan fingerprint density at radius 2 is 1.84 bits per heavy atom. The molecule has 0 aliphatic rings. The van der Waals surface area contributed by atoms with Crippen molar-refractivity contribution in [1.82, 2.24) is 30.3 Å². The van der Waals surface area contributed by atoms with E-state index in [9.17, 15) is 4.79 Å². The van der Waals surface area contributed by atoms with Crippen molar-refractivity contribution >= 4 is 41.5 Å². The van der Waals surface area contributed by atoms with Gasteiger partial charge in [-0.25, -0.2) is 4.99 Å². The van der Waals surface area contributed by atoms with E-state index in [1.54, 1.807) is 25.3 Å². The highest BCUT2D eigenvalue weighted by Crippen LogP contribution is 2.12. The summed E-state index contributed by atoms with van der Waals surface area (Å²) in [5, 5.41) is 14.7. The van der Waals surface area contributed by atoms with E-state index in [2.05, 4.69) is 68.8 Å². The highest BCUT2D eigenvalue weighted by Gasteiger charge is 2.07. The number of carbonyl (C=O) groups excluding carboxylic acids is 1. The van der Waals surface area contributed by atoms with E-state index in [0.29, 0.717) is 12.5 Å². The predicted octanol–water partition coefficient (Wildman–Crippen LogP) is 2.00. The summed E-state index contributed by atoms with van der Waals surface area (Å²) in [6.07, 6.45) is 3.53. The number of anilines is 1. The molecule has 0 saturated carbocycles. The molecule has 0 spiro atoms. The molecule has 0 bridgehead atoms. The molecule has 2 aromatic rings. The topological polar surface area (TPSA) is 90.7 Å². The number of halogens is 1. The Bertz CT molecular complexity index is 809.